The van der Waals surface area contributed by atoms with Crippen LogP contribution in [0.25, 0.3) is 0 Å². The van der Waals surface area contributed by atoms with E-state index in [4.69, 9.17) is 14.2 Å². The minimum absolute atomic E-state index is 0.113. The number of amides is 3. The van der Waals surface area contributed by atoms with Crippen molar-refractivity contribution >= 4 is 23.9 Å². The molecule has 7 atom stereocenters. The van der Waals surface area contributed by atoms with Gasteiger partial charge in [0.2, 0.25) is 11.8 Å². The summed E-state index contributed by atoms with van der Waals surface area (Å²) in [6.07, 6.45) is -3.78. The van der Waals surface area contributed by atoms with Gasteiger partial charge in [0, 0.05) is 58.6 Å². The second-order valence-corrected chi connectivity index (χ2v) is 14.1. The average Bonchev–Trinajstić information content (AvgIpc) is 3.39. The summed E-state index contributed by atoms with van der Waals surface area (Å²) in [5.74, 6) is -2.40. The van der Waals surface area contributed by atoms with Crippen LogP contribution in [0, 0.1) is 0 Å². The van der Waals surface area contributed by atoms with Gasteiger partial charge in [-0.2, -0.15) is 0 Å². The number of aliphatic hydroxyl groups is 3. The van der Waals surface area contributed by atoms with E-state index in [-0.39, 0.29) is 19.5 Å². The summed E-state index contributed by atoms with van der Waals surface area (Å²) >= 11 is 0. The molecule has 6 N–H and O–H groups in total. The lowest BCUT2D eigenvalue weighted by atomic mass is 9.81. The highest BCUT2D eigenvalue weighted by molar-refractivity contribution is 5.88. The van der Waals surface area contributed by atoms with Crippen LogP contribution in [0.15, 0.2) is 11.6 Å². The third-order valence-corrected chi connectivity index (χ3v) is 8.98. The van der Waals surface area contributed by atoms with E-state index in [0.29, 0.717) is 39.3 Å². The number of aliphatic carboxylic acids is 1. The molecule has 1 spiro atoms. The van der Waals surface area contributed by atoms with Gasteiger partial charge in [0.1, 0.15) is 17.8 Å². The van der Waals surface area contributed by atoms with E-state index in [9.17, 15) is 39.6 Å². The summed E-state index contributed by atoms with van der Waals surface area (Å²) in [7, 11) is 0. The van der Waals surface area contributed by atoms with Gasteiger partial charge in [-0.3, -0.25) is 14.5 Å². The van der Waals surface area contributed by atoms with Gasteiger partial charge < -0.3 is 50.2 Å². The lowest BCUT2D eigenvalue weighted by molar-refractivity contribution is -0.231. The minimum atomic E-state index is -1.99. The Labute approximate surface area is 276 Å². The summed E-state index contributed by atoms with van der Waals surface area (Å²) < 4.78 is 17.5. The summed E-state index contributed by atoms with van der Waals surface area (Å²) in [6.45, 7) is 12.1. The first-order valence-electron chi connectivity index (χ1n) is 16.4. The number of ether oxygens (including phenoxy) is 3. The minimum Gasteiger partial charge on any atom is -0.479 e. The molecule has 0 aliphatic carbocycles. The van der Waals surface area contributed by atoms with Crippen molar-refractivity contribution in [3.05, 3.63) is 11.6 Å². The fourth-order valence-corrected chi connectivity index (χ4v) is 6.60. The maximum absolute atomic E-state index is 12.9. The lowest BCUT2D eigenvalue weighted by Crippen LogP contribution is -2.68. The number of nitrogens with zero attached hydrogens (tertiary/aromatic N) is 2. The zero-order valence-corrected chi connectivity index (χ0v) is 28.5. The first-order chi connectivity index (χ1) is 21.9. The topological polar surface area (TPSA) is 207 Å². The molecular formula is C32H54N4O11. The second-order valence-electron chi connectivity index (χ2n) is 14.1. The summed E-state index contributed by atoms with van der Waals surface area (Å²) in [6, 6.07) is -1.24. The van der Waals surface area contributed by atoms with E-state index in [1.165, 1.54) is 13.0 Å². The van der Waals surface area contributed by atoms with Crippen LogP contribution < -0.4 is 10.6 Å². The van der Waals surface area contributed by atoms with E-state index in [0.717, 1.165) is 18.4 Å². The molecule has 15 nitrogen and oxygen atoms in total. The molecule has 0 aromatic carbocycles. The van der Waals surface area contributed by atoms with Crippen LogP contribution in [0.2, 0.25) is 0 Å². The van der Waals surface area contributed by atoms with Gasteiger partial charge in [-0.1, -0.05) is 18.9 Å². The zero-order chi connectivity index (χ0) is 35.2. The van der Waals surface area contributed by atoms with E-state index in [2.05, 4.69) is 15.5 Å². The van der Waals surface area contributed by atoms with Crippen molar-refractivity contribution in [2.75, 3.05) is 45.9 Å². The summed E-state index contributed by atoms with van der Waals surface area (Å²) in [5.41, 5.74) is -2.40. The molecule has 0 aromatic heterocycles. The second kappa shape index (κ2) is 16.1. The first-order valence-corrected chi connectivity index (χ1v) is 16.4. The SMILES string of the molecule is CCC/C(C)=C/C(=O)NC[C@@H](O)[C@@H](O)[C@@H]1O[C@@](CCN2CCOC[C@@]23CCN(C(=O)OC(C)(C)C)C3)(C(=O)O)C[C@H](O)[C@H]1NC(C)=O. The number of carbonyl (C=O) groups excluding carboxylic acids is 3. The van der Waals surface area contributed by atoms with Gasteiger partial charge in [0.25, 0.3) is 0 Å². The molecule has 268 valence electrons. The number of carboxylic acid groups (broad SMARTS) is 1. The molecule has 3 aliphatic rings. The molecule has 0 saturated carbocycles. The van der Waals surface area contributed by atoms with Crippen LogP contribution >= 0.6 is 0 Å². The van der Waals surface area contributed by atoms with Crippen LogP contribution in [-0.2, 0) is 28.6 Å². The van der Waals surface area contributed by atoms with Crippen LogP contribution in [0.5, 0.6) is 0 Å². The van der Waals surface area contributed by atoms with Gasteiger partial charge in [-0.05, 0) is 40.5 Å². The van der Waals surface area contributed by atoms with Crippen molar-refractivity contribution in [3.8, 4) is 0 Å². The molecule has 0 aromatic rings. The molecule has 0 bridgehead atoms. The van der Waals surface area contributed by atoms with Gasteiger partial charge in [-0.25, -0.2) is 9.59 Å². The Bertz CT molecular complexity index is 1160. The Balaban J connectivity index is 1.78. The smallest absolute Gasteiger partial charge is 0.410 e. The van der Waals surface area contributed by atoms with E-state index >= 15 is 0 Å². The number of carboxylic acids is 1. The van der Waals surface area contributed by atoms with Crippen molar-refractivity contribution in [2.24, 2.45) is 0 Å². The molecule has 3 fully saturated rings. The van der Waals surface area contributed by atoms with E-state index in [1.807, 2.05) is 6.92 Å². The monoisotopic (exact) mass is 670 g/mol. The van der Waals surface area contributed by atoms with Crippen molar-refractivity contribution in [3.63, 3.8) is 0 Å². The number of allylic oxidation sites excluding steroid dienone is 1. The fourth-order valence-electron chi connectivity index (χ4n) is 6.60. The molecule has 3 amide bonds. The molecular weight excluding hydrogens is 616 g/mol. The van der Waals surface area contributed by atoms with Gasteiger partial charge in [0.15, 0.2) is 5.60 Å². The summed E-state index contributed by atoms with van der Waals surface area (Å²) in [4.78, 5) is 53.7. The zero-order valence-electron chi connectivity index (χ0n) is 28.5. The number of morpholine rings is 1. The van der Waals surface area contributed by atoms with Crippen LogP contribution in [0.1, 0.15) is 73.6 Å². The average molecular weight is 671 g/mol. The van der Waals surface area contributed by atoms with Crippen molar-refractivity contribution < 1.29 is 53.8 Å². The quantitative estimate of drug-likeness (QED) is 0.154. The Hall–Kier alpha value is -2.82. The Morgan fingerprint density at radius 2 is 1.85 bits per heavy atom. The standard InChI is InChI=1S/C32H54N4O11/c1-7-8-20(2)15-24(40)33-17-23(39)26(41)27-25(34-21(3)37)22(38)16-32(46-27,28(42)43)10-12-36-13-14-45-19-31(36)9-11-35(18-31)29(44)47-30(4,5)6/h15,22-23,25-27,38-39,41H,7-14,16-19H2,1-6H3,(H,33,40)(H,34,37)(H,42,43)/b20-15+/t22-,23+,25+,26+,27+,31-,32+/m0/s1. The molecule has 0 radical (unpaired) electrons. The highest BCUT2D eigenvalue weighted by Gasteiger charge is 2.55. The van der Waals surface area contributed by atoms with Gasteiger partial charge in [-0.15, -0.1) is 0 Å². The Morgan fingerprint density at radius 3 is 2.47 bits per heavy atom. The van der Waals surface area contributed by atoms with Crippen LogP contribution in [-0.4, -0.2) is 147 Å². The molecule has 0 unspecified atom stereocenters. The Kier molecular flexibility index (Phi) is 13.2. The third-order valence-electron chi connectivity index (χ3n) is 8.98. The van der Waals surface area contributed by atoms with E-state index in [1.54, 1.807) is 32.6 Å². The first kappa shape index (κ1) is 38.6. The summed E-state index contributed by atoms with van der Waals surface area (Å²) in [5, 5.41) is 48.8. The predicted octanol–water partition coefficient (Wildman–Crippen LogP) is 0.151. The van der Waals surface area contributed by atoms with Crippen molar-refractivity contribution in [1.29, 1.82) is 0 Å². The van der Waals surface area contributed by atoms with Crippen molar-refractivity contribution in [1.82, 2.24) is 20.4 Å². The number of rotatable bonds is 12. The van der Waals surface area contributed by atoms with Gasteiger partial charge >= 0.3 is 12.1 Å². The highest BCUT2D eigenvalue weighted by Crippen LogP contribution is 2.38. The number of carbonyl (C=O) groups is 4. The number of likely N-dealkylation sites (tertiary alicyclic amines) is 1. The van der Waals surface area contributed by atoms with E-state index < -0.39 is 77.5 Å². The van der Waals surface area contributed by atoms with Crippen molar-refractivity contribution in [2.45, 2.75) is 121 Å². The molecule has 3 rings (SSSR count). The molecule has 3 aliphatic heterocycles. The lowest BCUT2D eigenvalue weighted by Gasteiger charge is -2.49. The maximum atomic E-state index is 12.9. The number of nitrogens with one attached hydrogen (secondary N) is 2. The Morgan fingerprint density at radius 1 is 1.15 bits per heavy atom. The fraction of sp³-hybridized carbons (Fsp3) is 0.812. The van der Waals surface area contributed by atoms with Crippen LogP contribution in [0.3, 0.4) is 0 Å². The highest BCUT2D eigenvalue weighted by atomic mass is 16.6. The maximum Gasteiger partial charge on any atom is 0.410 e. The molecule has 3 saturated heterocycles. The molecule has 15 heteroatoms. The number of aliphatic hydroxyl groups excluding tert-OH is 3. The predicted molar refractivity (Wildman–Crippen MR) is 169 cm³/mol. The third kappa shape index (κ3) is 10.1. The van der Waals surface area contributed by atoms with Crippen LogP contribution in [0.4, 0.5) is 4.79 Å². The largest absolute Gasteiger partial charge is 0.479 e. The molecule has 47 heavy (non-hydrogen) atoms. The van der Waals surface area contributed by atoms with Gasteiger partial charge in [0.05, 0.1) is 37.0 Å². The normalized spacial score (nSPS) is 30.1. The molecule has 3 heterocycles. The number of hydrogen-bond donors (Lipinski definition) is 6. The number of hydrogen-bond acceptors (Lipinski definition) is 11.